The molecule has 1 aromatic heterocycles. The topological polar surface area (TPSA) is 15.8 Å². The molecule has 0 aliphatic heterocycles. The number of rotatable bonds is 3. The first-order valence-electron chi connectivity index (χ1n) is 5.94. The molecule has 3 aromatic rings. The molecular weight excluding hydrogens is 321 g/mol. The molecule has 2 aromatic carbocycles. The third-order valence-electron chi connectivity index (χ3n) is 3.21. The fourth-order valence-electron chi connectivity index (χ4n) is 2.40. The van der Waals surface area contributed by atoms with E-state index in [-0.39, 0.29) is 0 Å². The quantitative estimate of drug-likeness (QED) is 0.528. The number of alkyl halides is 1. The predicted octanol–water partition coefficient (Wildman–Crippen LogP) is 4.69. The Hall–Kier alpha value is -1.03. The zero-order valence-electron chi connectivity index (χ0n) is 9.54. The van der Waals surface area contributed by atoms with Crippen LogP contribution in [0.25, 0.3) is 21.8 Å². The second-order valence-corrected chi connectivity index (χ2v) is 5.38. The fraction of sp³-hybridized carbons (Fsp3) is 0.200. The molecule has 2 heteroatoms. The van der Waals surface area contributed by atoms with Gasteiger partial charge in [-0.05, 0) is 28.9 Å². The van der Waals surface area contributed by atoms with Crippen LogP contribution in [-0.2, 0) is 6.42 Å². The maximum absolute atomic E-state index is 3.55. The number of aryl methyl sites for hydroxylation is 1. The summed E-state index contributed by atoms with van der Waals surface area (Å²) in [5.41, 5.74) is 4.00. The summed E-state index contributed by atoms with van der Waals surface area (Å²) in [7, 11) is 0. The summed E-state index contributed by atoms with van der Waals surface area (Å²) < 4.78 is 1.22. The third kappa shape index (κ3) is 1.95. The first-order chi connectivity index (χ1) is 8.40. The number of nitrogens with one attached hydrogen (secondary N) is 1. The Bertz CT molecular complexity index is 654. The van der Waals surface area contributed by atoms with Crippen LogP contribution in [0.5, 0.6) is 0 Å². The molecule has 0 bridgehead atoms. The van der Waals surface area contributed by atoms with E-state index >= 15 is 0 Å². The summed E-state index contributed by atoms with van der Waals surface area (Å²) in [6, 6.07) is 15.2. The Labute approximate surface area is 114 Å². The maximum Gasteiger partial charge on any atom is 0.0497 e. The van der Waals surface area contributed by atoms with Gasteiger partial charge in [-0.15, -0.1) is 0 Å². The van der Waals surface area contributed by atoms with Gasteiger partial charge in [-0.3, -0.25) is 0 Å². The van der Waals surface area contributed by atoms with Crippen molar-refractivity contribution in [2.45, 2.75) is 12.8 Å². The molecule has 0 saturated carbocycles. The summed E-state index contributed by atoms with van der Waals surface area (Å²) in [5.74, 6) is 0. The lowest BCUT2D eigenvalue weighted by Crippen LogP contribution is -1.87. The number of H-pyrrole nitrogens is 1. The van der Waals surface area contributed by atoms with E-state index in [0.717, 1.165) is 6.42 Å². The van der Waals surface area contributed by atoms with Crippen molar-refractivity contribution in [3.05, 3.63) is 48.0 Å². The van der Waals surface area contributed by atoms with E-state index < -0.39 is 0 Å². The molecule has 0 radical (unpaired) electrons. The minimum atomic E-state index is 1.16. The van der Waals surface area contributed by atoms with Gasteiger partial charge in [0.25, 0.3) is 0 Å². The van der Waals surface area contributed by atoms with Crippen LogP contribution >= 0.6 is 22.6 Å². The van der Waals surface area contributed by atoms with Gasteiger partial charge < -0.3 is 4.98 Å². The van der Waals surface area contributed by atoms with Crippen molar-refractivity contribution in [1.82, 2.24) is 4.98 Å². The number of fused-ring (bicyclic) bond motifs is 3. The summed E-state index contributed by atoms with van der Waals surface area (Å²) in [5, 5.41) is 2.69. The monoisotopic (exact) mass is 335 g/mol. The number of benzene rings is 2. The zero-order valence-corrected chi connectivity index (χ0v) is 11.7. The van der Waals surface area contributed by atoms with Crippen molar-refractivity contribution in [1.29, 1.82) is 0 Å². The van der Waals surface area contributed by atoms with E-state index in [1.807, 2.05) is 0 Å². The van der Waals surface area contributed by atoms with Crippen molar-refractivity contribution in [3.8, 4) is 0 Å². The standard InChI is InChI=1S/C15H14IN/c16-10-4-6-11-5-3-8-13-12-7-1-2-9-14(12)17-15(11)13/h1-3,5,7-9,17H,4,6,10H2. The van der Waals surface area contributed by atoms with Crippen LogP contribution in [0.3, 0.4) is 0 Å². The van der Waals surface area contributed by atoms with Crippen molar-refractivity contribution >= 4 is 44.4 Å². The van der Waals surface area contributed by atoms with Crippen molar-refractivity contribution in [2.24, 2.45) is 0 Å². The summed E-state index contributed by atoms with van der Waals surface area (Å²) >= 11 is 2.44. The van der Waals surface area contributed by atoms with Crippen LogP contribution < -0.4 is 0 Å². The smallest absolute Gasteiger partial charge is 0.0497 e. The van der Waals surface area contributed by atoms with Crippen LogP contribution in [0, 0.1) is 0 Å². The molecule has 0 aliphatic rings. The molecule has 1 heterocycles. The van der Waals surface area contributed by atoms with Gasteiger partial charge in [-0.25, -0.2) is 0 Å². The van der Waals surface area contributed by atoms with E-state index in [2.05, 4.69) is 70.0 Å². The van der Waals surface area contributed by atoms with Crippen LogP contribution in [0.15, 0.2) is 42.5 Å². The van der Waals surface area contributed by atoms with Gasteiger partial charge in [0.2, 0.25) is 0 Å². The molecule has 86 valence electrons. The highest BCUT2D eigenvalue weighted by Crippen LogP contribution is 2.27. The van der Waals surface area contributed by atoms with E-state index in [1.165, 1.54) is 38.2 Å². The number of hydrogen-bond donors (Lipinski definition) is 1. The average Bonchev–Trinajstić information content (AvgIpc) is 2.75. The number of aromatic nitrogens is 1. The third-order valence-corrected chi connectivity index (χ3v) is 3.97. The first-order valence-corrected chi connectivity index (χ1v) is 7.47. The Morgan fingerprint density at radius 1 is 0.941 bits per heavy atom. The Morgan fingerprint density at radius 3 is 2.65 bits per heavy atom. The Kier molecular flexibility index (Phi) is 3.05. The molecule has 0 aliphatic carbocycles. The van der Waals surface area contributed by atoms with Crippen LogP contribution in [0.4, 0.5) is 0 Å². The van der Waals surface area contributed by atoms with Crippen molar-refractivity contribution in [2.75, 3.05) is 4.43 Å². The molecule has 1 nitrogen and oxygen atoms in total. The highest BCUT2D eigenvalue weighted by Gasteiger charge is 2.06. The second kappa shape index (κ2) is 4.69. The molecule has 0 spiro atoms. The summed E-state index contributed by atoms with van der Waals surface area (Å²) in [6.45, 7) is 0. The van der Waals surface area contributed by atoms with Gasteiger partial charge in [0, 0.05) is 21.8 Å². The van der Waals surface area contributed by atoms with Gasteiger partial charge in [0.15, 0.2) is 0 Å². The molecule has 0 saturated heterocycles. The molecule has 0 amide bonds. The van der Waals surface area contributed by atoms with E-state index in [9.17, 15) is 0 Å². The van der Waals surface area contributed by atoms with Crippen molar-refractivity contribution < 1.29 is 0 Å². The Morgan fingerprint density at radius 2 is 1.76 bits per heavy atom. The van der Waals surface area contributed by atoms with Gasteiger partial charge >= 0.3 is 0 Å². The zero-order chi connectivity index (χ0) is 11.7. The van der Waals surface area contributed by atoms with E-state index in [1.54, 1.807) is 0 Å². The minimum absolute atomic E-state index is 1.16. The van der Waals surface area contributed by atoms with Crippen LogP contribution in [0.1, 0.15) is 12.0 Å². The normalized spacial score (nSPS) is 11.4. The minimum Gasteiger partial charge on any atom is -0.354 e. The van der Waals surface area contributed by atoms with Crippen molar-refractivity contribution in [3.63, 3.8) is 0 Å². The van der Waals surface area contributed by atoms with Crippen LogP contribution in [-0.4, -0.2) is 9.41 Å². The number of para-hydroxylation sites is 2. The lowest BCUT2D eigenvalue weighted by Gasteiger charge is -2.01. The molecule has 0 unspecified atom stereocenters. The molecule has 1 N–H and O–H groups in total. The predicted molar refractivity (Wildman–Crippen MR) is 83.0 cm³/mol. The molecule has 0 fully saturated rings. The summed E-state index contributed by atoms with van der Waals surface area (Å²) in [6.07, 6.45) is 2.40. The second-order valence-electron chi connectivity index (χ2n) is 4.30. The number of aromatic amines is 1. The van der Waals surface area contributed by atoms with Crippen LogP contribution in [0.2, 0.25) is 0 Å². The van der Waals surface area contributed by atoms with Gasteiger partial charge in [-0.1, -0.05) is 59.0 Å². The highest BCUT2D eigenvalue weighted by molar-refractivity contribution is 14.1. The molecule has 0 atom stereocenters. The van der Waals surface area contributed by atoms with E-state index in [0.29, 0.717) is 0 Å². The Balaban J connectivity index is 2.24. The SMILES string of the molecule is ICCCc1cccc2c1[nH]c1ccccc12. The molecule has 17 heavy (non-hydrogen) atoms. The first kappa shape index (κ1) is 11.1. The lowest BCUT2D eigenvalue weighted by molar-refractivity contribution is 0.952. The number of hydrogen-bond acceptors (Lipinski definition) is 0. The maximum atomic E-state index is 3.55. The van der Waals surface area contributed by atoms with Gasteiger partial charge in [0.05, 0.1) is 0 Å². The number of halogens is 1. The van der Waals surface area contributed by atoms with Gasteiger partial charge in [0.1, 0.15) is 0 Å². The average molecular weight is 335 g/mol. The molecule has 3 rings (SSSR count). The fourth-order valence-corrected chi connectivity index (χ4v) is 2.78. The summed E-state index contributed by atoms with van der Waals surface area (Å²) in [4.78, 5) is 3.55. The molecular formula is C15H14IN. The highest BCUT2D eigenvalue weighted by atomic mass is 127. The lowest BCUT2D eigenvalue weighted by atomic mass is 10.1. The van der Waals surface area contributed by atoms with E-state index in [4.69, 9.17) is 0 Å². The van der Waals surface area contributed by atoms with Gasteiger partial charge in [-0.2, -0.15) is 0 Å². The largest absolute Gasteiger partial charge is 0.354 e.